The van der Waals surface area contributed by atoms with Gasteiger partial charge in [-0.3, -0.25) is 18.9 Å². The molecule has 15 heteroatoms. The number of hydrogen-bond acceptors (Lipinski definition) is 7. The molecule has 0 aromatic heterocycles. The molecule has 0 bridgehead atoms. The van der Waals surface area contributed by atoms with Gasteiger partial charge in [0.15, 0.2) is 0 Å². The number of nitrogens with zero attached hydrogens (tertiary/aromatic N) is 3. The number of aromatic hydroxyl groups is 1. The van der Waals surface area contributed by atoms with Crippen LogP contribution in [0, 0.1) is 0 Å². The Kier molecular flexibility index (Phi) is 10.2. The summed E-state index contributed by atoms with van der Waals surface area (Å²) in [5.41, 5.74) is 9.68. The molecule has 0 aliphatic heterocycles. The second-order valence-corrected chi connectivity index (χ2v) is 8.27. The van der Waals surface area contributed by atoms with Crippen LogP contribution < -0.4 is 16.0 Å². The summed E-state index contributed by atoms with van der Waals surface area (Å²) in [4.78, 5) is 57.4. The molecule has 0 saturated carbocycles. The quantitative estimate of drug-likeness (QED) is 0.105. The standard InChI is InChI=1S/C20H23N6O8P/c21-26-25-15-5-3-14(4-6-15)19(29)23-11-18(28)24-17(12-34-35(31,32)33)20(30)22-10-9-13-1-7-16(27)8-2-13/h1-8,17,27H,9-12H2,(H,22,30)(H,23,29)(H,24,28)(H2,31,32,33)/t17-/m0/s1. The predicted octanol–water partition coefficient (Wildman–Crippen LogP) is 1.02. The number of carbonyl (C=O) groups is 3. The van der Waals surface area contributed by atoms with Gasteiger partial charge in [0.25, 0.3) is 5.91 Å². The molecule has 0 saturated heterocycles. The molecule has 0 unspecified atom stereocenters. The Hall–Kier alpha value is -3.93. The topological polar surface area (TPSA) is 223 Å². The highest BCUT2D eigenvalue weighted by atomic mass is 31.2. The van der Waals surface area contributed by atoms with E-state index in [-0.39, 0.29) is 17.9 Å². The molecule has 0 spiro atoms. The fraction of sp³-hybridized carbons (Fsp3) is 0.250. The van der Waals surface area contributed by atoms with Crippen LogP contribution in [0.25, 0.3) is 10.4 Å². The molecule has 14 nitrogen and oxygen atoms in total. The van der Waals surface area contributed by atoms with Crippen molar-refractivity contribution < 1.29 is 38.4 Å². The Labute approximate surface area is 199 Å². The number of hydrogen-bond donors (Lipinski definition) is 6. The van der Waals surface area contributed by atoms with Crippen LogP contribution in [0.15, 0.2) is 53.6 Å². The largest absolute Gasteiger partial charge is 0.508 e. The SMILES string of the molecule is [N-]=[N+]=Nc1ccc(C(=O)NCC(=O)N[C@@H](COP(=O)(O)O)C(=O)NCCc2ccc(O)cc2)cc1. The van der Waals surface area contributed by atoms with Gasteiger partial charge >= 0.3 is 7.82 Å². The number of rotatable bonds is 12. The molecule has 2 aromatic rings. The van der Waals surface area contributed by atoms with Crippen molar-refractivity contribution in [2.45, 2.75) is 12.5 Å². The first kappa shape index (κ1) is 27.3. The summed E-state index contributed by atoms with van der Waals surface area (Å²) in [6, 6.07) is 10.4. The van der Waals surface area contributed by atoms with Crippen LogP contribution in [-0.2, 0) is 25.1 Å². The summed E-state index contributed by atoms with van der Waals surface area (Å²) in [5.74, 6) is -2.09. The zero-order chi connectivity index (χ0) is 25.8. The first-order valence-electron chi connectivity index (χ1n) is 10.1. The molecule has 3 amide bonds. The monoisotopic (exact) mass is 506 g/mol. The van der Waals surface area contributed by atoms with E-state index in [2.05, 4.69) is 30.5 Å². The first-order chi connectivity index (χ1) is 16.6. The predicted molar refractivity (Wildman–Crippen MR) is 122 cm³/mol. The van der Waals surface area contributed by atoms with Gasteiger partial charge in [-0.25, -0.2) is 4.57 Å². The molecule has 0 heterocycles. The maximum Gasteiger partial charge on any atom is 0.469 e. The summed E-state index contributed by atoms with van der Waals surface area (Å²) in [7, 11) is -4.92. The van der Waals surface area contributed by atoms with Crippen molar-refractivity contribution in [3.63, 3.8) is 0 Å². The van der Waals surface area contributed by atoms with E-state index < -0.39 is 44.7 Å². The van der Waals surface area contributed by atoms with Crippen LogP contribution in [0.2, 0.25) is 0 Å². The van der Waals surface area contributed by atoms with Crippen LogP contribution in [-0.4, -0.2) is 58.4 Å². The van der Waals surface area contributed by atoms with E-state index in [0.29, 0.717) is 12.1 Å². The highest BCUT2D eigenvalue weighted by Crippen LogP contribution is 2.35. The van der Waals surface area contributed by atoms with Gasteiger partial charge in [-0.15, -0.1) is 0 Å². The smallest absolute Gasteiger partial charge is 0.469 e. The molecule has 2 aromatic carbocycles. The Bertz CT molecular complexity index is 1130. The first-order valence-corrected chi connectivity index (χ1v) is 11.6. The van der Waals surface area contributed by atoms with Gasteiger partial charge in [0.05, 0.1) is 13.2 Å². The Morgan fingerprint density at radius 1 is 1.06 bits per heavy atom. The average molecular weight is 506 g/mol. The lowest BCUT2D eigenvalue weighted by molar-refractivity contribution is -0.129. The number of phosphoric ester groups is 1. The van der Waals surface area contributed by atoms with E-state index in [1.165, 1.54) is 36.4 Å². The minimum absolute atomic E-state index is 0.0902. The second-order valence-electron chi connectivity index (χ2n) is 7.03. The van der Waals surface area contributed by atoms with Crippen molar-refractivity contribution >= 4 is 31.2 Å². The number of nitrogens with one attached hydrogen (secondary N) is 3. The minimum atomic E-state index is -4.92. The van der Waals surface area contributed by atoms with Gasteiger partial charge in [-0.2, -0.15) is 0 Å². The maximum absolute atomic E-state index is 12.5. The normalized spacial score (nSPS) is 11.6. The summed E-state index contributed by atoms with van der Waals surface area (Å²) in [6.07, 6.45) is 0.389. The van der Waals surface area contributed by atoms with Crippen molar-refractivity contribution in [2.75, 3.05) is 19.7 Å². The van der Waals surface area contributed by atoms with Gasteiger partial charge in [0.2, 0.25) is 11.8 Å². The van der Waals surface area contributed by atoms with Gasteiger partial charge in [-0.1, -0.05) is 29.4 Å². The second kappa shape index (κ2) is 13.1. The fourth-order valence-corrected chi connectivity index (χ4v) is 3.05. The molecule has 0 aliphatic carbocycles. The maximum atomic E-state index is 12.5. The summed E-state index contributed by atoms with van der Waals surface area (Å²) < 4.78 is 15.4. The Morgan fingerprint density at radius 2 is 1.71 bits per heavy atom. The number of phosphoric acid groups is 1. The average Bonchev–Trinajstić information content (AvgIpc) is 2.81. The fourth-order valence-electron chi connectivity index (χ4n) is 2.71. The van der Waals surface area contributed by atoms with Crippen molar-refractivity contribution in [3.05, 3.63) is 70.1 Å². The third kappa shape index (κ3) is 10.3. The van der Waals surface area contributed by atoms with Crippen LogP contribution in [0.5, 0.6) is 5.75 Å². The molecule has 2 rings (SSSR count). The number of benzene rings is 2. The number of phenolic OH excluding ortho intramolecular Hbond substituents is 1. The number of azide groups is 1. The van der Waals surface area contributed by atoms with Crippen LogP contribution in [0.4, 0.5) is 5.69 Å². The van der Waals surface area contributed by atoms with Crippen LogP contribution in [0.3, 0.4) is 0 Å². The van der Waals surface area contributed by atoms with Gasteiger partial charge in [-0.05, 0) is 41.8 Å². The lowest BCUT2D eigenvalue weighted by Crippen LogP contribution is -2.51. The Balaban J connectivity index is 1.90. The molecule has 1 atom stereocenters. The third-order valence-corrected chi connectivity index (χ3v) is 4.89. The van der Waals surface area contributed by atoms with Gasteiger partial charge in [0, 0.05) is 22.7 Å². The van der Waals surface area contributed by atoms with Crippen molar-refractivity contribution in [3.8, 4) is 5.75 Å². The van der Waals surface area contributed by atoms with Crippen molar-refractivity contribution in [2.24, 2.45) is 5.11 Å². The lowest BCUT2D eigenvalue weighted by atomic mass is 10.1. The minimum Gasteiger partial charge on any atom is -0.508 e. The zero-order valence-electron chi connectivity index (χ0n) is 18.2. The molecular weight excluding hydrogens is 483 g/mol. The summed E-state index contributed by atoms with van der Waals surface area (Å²) in [6.45, 7) is -1.21. The third-order valence-electron chi connectivity index (χ3n) is 4.41. The number of phenols is 1. The van der Waals surface area contributed by atoms with Gasteiger partial charge in [0.1, 0.15) is 11.8 Å². The molecule has 0 fully saturated rings. The van der Waals surface area contributed by atoms with Crippen molar-refractivity contribution in [1.82, 2.24) is 16.0 Å². The number of carbonyl (C=O) groups excluding carboxylic acids is 3. The molecule has 0 aliphatic rings. The molecular formula is C20H23N6O8P. The van der Waals surface area contributed by atoms with E-state index >= 15 is 0 Å². The Morgan fingerprint density at radius 3 is 2.31 bits per heavy atom. The highest BCUT2D eigenvalue weighted by Gasteiger charge is 2.25. The number of amides is 3. The van der Waals surface area contributed by atoms with E-state index in [9.17, 15) is 24.1 Å². The highest BCUT2D eigenvalue weighted by molar-refractivity contribution is 7.46. The van der Waals surface area contributed by atoms with E-state index in [0.717, 1.165) is 5.56 Å². The van der Waals surface area contributed by atoms with E-state index in [1.54, 1.807) is 12.1 Å². The molecule has 6 N–H and O–H groups in total. The molecule has 0 radical (unpaired) electrons. The summed E-state index contributed by atoms with van der Waals surface area (Å²) in [5, 5.41) is 19.8. The molecule has 186 valence electrons. The summed E-state index contributed by atoms with van der Waals surface area (Å²) >= 11 is 0. The lowest BCUT2D eigenvalue weighted by Gasteiger charge is -2.19. The molecule has 35 heavy (non-hydrogen) atoms. The van der Waals surface area contributed by atoms with Gasteiger partial charge < -0.3 is 30.8 Å². The van der Waals surface area contributed by atoms with Crippen LogP contribution in [0.1, 0.15) is 15.9 Å². The zero-order valence-corrected chi connectivity index (χ0v) is 19.1. The van der Waals surface area contributed by atoms with Crippen LogP contribution >= 0.6 is 7.82 Å². The van der Waals surface area contributed by atoms with E-state index in [4.69, 9.17) is 15.3 Å². The van der Waals surface area contributed by atoms with Crippen molar-refractivity contribution in [1.29, 1.82) is 0 Å². The van der Waals surface area contributed by atoms with E-state index in [1.807, 2.05) is 0 Å².